The van der Waals surface area contributed by atoms with Crippen molar-refractivity contribution in [3.05, 3.63) is 35.4 Å². The molecule has 2 heteroatoms. The van der Waals surface area contributed by atoms with E-state index in [-0.39, 0.29) is 6.61 Å². The topological polar surface area (TPSA) is 20.2 Å². The van der Waals surface area contributed by atoms with Gasteiger partial charge in [-0.3, -0.25) is 0 Å². The smallest absolute Gasteiger partial charge is 0.109 e. The van der Waals surface area contributed by atoms with Crippen LogP contribution in [0.5, 0.6) is 0 Å². The molecule has 0 saturated carbocycles. The van der Waals surface area contributed by atoms with Crippen molar-refractivity contribution < 1.29 is 9.50 Å². The Balaban J connectivity index is 2.84. The lowest BCUT2D eigenvalue weighted by atomic mass is 9.95. The molecule has 1 aromatic rings. The molecule has 0 bridgehead atoms. The average molecular weight is 196 g/mol. The van der Waals surface area contributed by atoms with Gasteiger partial charge in [-0.1, -0.05) is 24.3 Å². The summed E-state index contributed by atoms with van der Waals surface area (Å²) in [4.78, 5) is 0. The Morgan fingerprint density at radius 1 is 1.21 bits per heavy atom. The lowest BCUT2D eigenvalue weighted by Gasteiger charge is -2.16. The van der Waals surface area contributed by atoms with Gasteiger partial charge in [-0.2, -0.15) is 0 Å². The van der Waals surface area contributed by atoms with E-state index in [0.717, 1.165) is 11.1 Å². The summed E-state index contributed by atoms with van der Waals surface area (Å²) in [7, 11) is 0. The Morgan fingerprint density at radius 2 is 1.79 bits per heavy atom. The van der Waals surface area contributed by atoms with E-state index in [2.05, 4.69) is 0 Å². The molecule has 0 heterocycles. The molecular formula is C12H17FO. The number of aliphatic hydroxyl groups is 1. The SMILES string of the molecule is CC(C)(F)Cc1ccccc1CCO. The van der Waals surface area contributed by atoms with Crippen LogP contribution in [0.25, 0.3) is 0 Å². The third-order valence-electron chi connectivity index (χ3n) is 2.11. The number of hydrogen-bond donors (Lipinski definition) is 1. The van der Waals surface area contributed by atoms with Crippen LogP contribution in [0.2, 0.25) is 0 Å². The fourth-order valence-electron chi connectivity index (χ4n) is 1.55. The minimum atomic E-state index is -1.19. The second-order valence-corrected chi connectivity index (χ2v) is 4.14. The van der Waals surface area contributed by atoms with Crippen LogP contribution in [0.1, 0.15) is 25.0 Å². The van der Waals surface area contributed by atoms with E-state index < -0.39 is 5.67 Å². The predicted molar refractivity (Wildman–Crippen MR) is 56.1 cm³/mol. The summed E-state index contributed by atoms with van der Waals surface area (Å²) >= 11 is 0. The lowest BCUT2D eigenvalue weighted by molar-refractivity contribution is 0.216. The highest BCUT2D eigenvalue weighted by Gasteiger charge is 2.17. The number of benzene rings is 1. The monoisotopic (exact) mass is 196 g/mol. The molecule has 0 atom stereocenters. The summed E-state index contributed by atoms with van der Waals surface area (Å²) in [5.74, 6) is 0. The van der Waals surface area contributed by atoms with Crippen LogP contribution in [-0.2, 0) is 12.8 Å². The first-order chi connectivity index (χ1) is 6.53. The quantitative estimate of drug-likeness (QED) is 0.784. The van der Waals surface area contributed by atoms with Gasteiger partial charge in [0.05, 0.1) is 0 Å². The number of aliphatic hydroxyl groups excluding tert-OH is 1. The molecular weight excluding hydrogens is 179 g/mol. The zero-order valence-electron chi connectivity index (χ0n) is 8.76. The summed E-state index contributed by atoms with van der Waals surface area (Å²) in [6.45, 7) is 3.26. The van der Waals surface area contributed by atoms with Gasteiger partial charge >= 0.3 is 0 Å². The minimum Gasteiger partial charge on any atom is -0.396 e. The summed E-state index contributed by atoms with van der Waals surface area (Å²) in [5.41, 5.74) is 0.848. The highest BCUT2D eigenvalue weighted by atomic mass is 19.1. The van der Waals surface area contributed by atoms with E-state index in [1.54, 1.807) is 13.8 Å². The number of halogens is 1. The molecule has 0 unspecified atom stereocenters. The fourth-order valence-corrected chi connectivity index (χ4v) is 1.55. The van der Waals surface area contributed by atoms with Crippen molar-refractivity contribution in [2.24, 2.45) is 0 Å². The van der Waals surface area contributed by atoms with Crippen molar-refractivity contribution in [2.75, 3.05) is 6.61 Å². The van der Waals surface area contributed by atoms with Gasteiger partial charge in [0, 0.05) is 13.0 Å². The van der Waals surface area contributed by atoms with E-state index in [4.69, 9.17) is 5.11 Å². The van der Waals surface area contributed by atoms with Crippen LogP contribution in [0, 0.1) is 0 Å². The maximum absolute atomic E-state index is 13.4. The Kier molecular flexibility index (Phi) is 3.64. The molecule has 0 radical (unpaired) electrons. The number of hydrogen-bond acceptors (Lipinski definition) is 1. The molecule has 0 aliphatic carbocycles. The Labute approximate surface area is 84.6 Å². The average Bonchev–Trinajstić information content (AvgIpc) is 2.06. The van der Waals surface area contributed by atoms with Crippen LogP contribution in [0.4, 0.5) is 4.39 Å². The van der Waals surface area contributed by atoms with Crippen LogP contribution in [0.3, 0.4) is 0 Å². The molecule has 0 amide bonds. The van der Waals surface area contributed by atoms with Crippen molar-refractivity contribution in [1.29, 1.82) is 0 Å². The van der Waals surface area contributed by atoms with Gasteiger partial charge in [0.25, 0.3) is 0 Å². The van der Waals surface area contributed by atoms with Crippen LogP contribution in [0.15, 0.2) is 24.3 Å². The number of rotatable bonds is 4. The Hall–Kier alpha value is -0.890. The molecule has 78 valence electrons. The van der Waals surface area contributed by atoms with Crippen LogP contribution < -0.4 is 0 Å². The molecule has 1 aromatic carbocycles. The molecule has 0 aliphatic heterocycles. The van der Waals surface area contributed by atoms with Crippen LogP contribution >= 0.6 is 0 Å². The Bertz CT molecular complexity index is 289. The third kappa shape index (κ3) is 3.46. The van der Waals surface area contributed by atoms with Gasteiger partial charge in [-0.15, -0.1) is 0 Å². The molecule has 1 N–H and O–H groups in total. The highest BCUT2D eigenvalue weighted by molar-refractivity contribution is 5.28. The molecule has 0 aliphatic rings. The van der Waals surface area contributed by atoms with E-state index >= 15 is 0 Å². The van der Waals surface area contributed by atoms with Gasteiger partial charge in [-0.05, 0) is 31.4 Å². The summed E-state index contributed by atoms with van der Waals surface area (Å²) in [6, 6.07) is 7.69. The molecule has 1 rings (SSSR count). The maximum atomic E-state index is 13.4. The Morgan fingerprint density at radius 3 is 2.29 bits per heavy atom. The second-order valence-electron chi connectivity index (χ2n) is 4.14. The second kappa shape index (κ2) is 4.56. The summed E-state index contributed by atoms with van der Waals surface area (Å²) in [6.07, 6.45) is 1.01. The zero-order chi connectivity index (χ0) is 10.6. The molecule has 0 spiro atoms. The van der Waals surface area contributed by atoms with Crippen molar-refractivity contribution in [3.8, 4) is 0 Å². The van der Waals surface area contributed by atoms with Gasteiger partial charge in [-0.25, -0.2) is 4.39 Å². The predicted octanol–water partition coefficient (Wildman–Crippen LogP) is 2.51. The lowest BCUT2D eigenvalue weighted by Crippen LogP contribution is -2.17. The van der Waals surface area contributed by atoms with Crippen molar-refractivity contribution >= 4 is 0 Å². The van der Waals surface area contributed by atoms with Crippen molar-refractivity contribution in [2.45, 2.75) is 32.4 Å². The first-order valence-corrected chi connectivity index (χ1v) is 4.89. The van der Waals surface area contributed by atoms with Gasteiger partial charge in [0.1, 0.15) is 5.67 Å². The first-order valence-electron chi connectivity index (χ1n) is 4.89. The normalized spacial score (nSPS) is 11.7. The van der Waals surface area contributed by atoms with Crippen molar-refractivity contribution in [1.82, 2.24) is 0 Å². The third-order valence-corrected chi connectivity index (χ3v) is 2.11. The molecule has 0 saturated heterocycles. The molecule has 1 nitrogen and oxygen atoms in total. The highest BCUT2D eigenvalue weighted by Crippen LogP contribution is 2.19. The molecule has 0 aromatic heterocycles. The van der Waals surface area contributed by atoms with E-state index in [1.807, 2.05) is 24.3 Å². The van der Waals surface area contributed by atoms with E-state index in [1.165, 1.54) is 0 Å². The van der Waals surface area contributed by atoms with Crippen molar-refractivity contribution in [3.63, 3.8) is 0 Å². The number of alkyl halides is 1. The largest absolute Gasteiger partial charge is 0.396 e. The summed E-state index contributed by atoms with van der Waals surface area (Å²) < 4.78 is 13.4. The molecule has 0 fully saturated rings. The van der Waals surface area contributed by atoms with E-state index in [0.29, 0.717) is 12.8 Å². The van der Waals surface area contributed by atoms with Gasteiger partial charge < -0.3 is 5.11 Å². The summed E-state index contributed by atoms with van der Waals surface area (Å²) in [5, 5.41) is 8.85. The van der Waals surface area contributed by atoms with Crippen LogP contribution in [-0.4, -0.2) is 17.4 Å². The van der Waals surface area contributed by atoms with Gasteiger partial charge in [0.2, 0.25) is 0 Å². The standard InChI is InChI=1S/C12H17FO/c1-12(2,13)9-11-6-4-3-5-10(11)7-8-14/h3-6,14H,7-9H2,1-2H3. The first kappa shape index (κ1) is 11.2. The molecule has 14 heavy (non-hydrogen) atoms. The van der Waals surface area contributed by atoms with Gasteiger partial charge in [0.15, 0.2) is 0 Å². The van der Waals surface area contributed by atoms with E-state index in [9.17, 15) is 4.39 Å². The zero-order valence-corrected chi connectivity index (χ0v) is 8.76. The minimum absolute atomic E-state index is 0.115. The fraction of sp³-hybridized carbons (Fsp3) is 0.500. The maximum Gasteiger partial charge on any atom is 0.109 e.